The lowest BCUT2D eigenvalue weighted by Crippen LogP contribution is -2.30. The third kappa shape index (κ3) is 2.48. The first-order chi connectivity index (χ1) is 8.24. The van der Waals surface area contributed by atoms with E-state index in [1.54, 1.807) is 13.2 Å². The lowest BCUT2D eigenvalue weighted by molar-refractivity contribution is 0.101. The largest absolute Gasteiger partial charge is 0.396 e. The number of pyridine rings is 1. The minimum absolute atomic E-state index is 0.215. The van der Waals surface area contributed by atoms with Crippen molar-refractivity contribution in [3.63, 3.8) is 0 Å². The Morgan fingerprint density at radius 3 is 3.06 bits per heavy atom. The molecule has 1 saturated carbocycles. The Morgan fingerprint density at radius 2 is 2.41 bits per heavy atom. The van der Waals surface area contributed by atoms with E-state index in [-0.39, 0.29) is 12.1 Å². The predicted molar refractivity (Wildman–Crippen MR) is 65.4 cm³/mol. The summed E-state index contributed by atoms with van der Waals surface area (Å²) in [5.41, 5.74) is 6.83. The van der Waals surface area contributed by atoms with Crippen molar-refractivity contribution in [3.8, 4) is 6.07 Å². The Hall–Kier alpha value is -1.80. The van der Waals surface area contributed by atoms with Gasteiger partial charge in [-0.05, 0) is 25.3 Å². The molecule has 1 aromatic rings. The number of nitrogens with two attached hydrogens (primary N) is 1. The number of nitriles is 1. The molecule has 2 rings (SSSR count). The molecule has 1 aliphatic carbocycles. The number of aromatic nitrogens is 1. The number of hydrogen-bond donors (Lipinski definition) is 2. The Bertz CT molecular complexity index is 441. The number of nitrogens with zero attached hydrogens (tertiary/aromatic N) is 2. The fourth-order valence-corrected chi connectivity index (χ4v) is 2.21. The number of anilines is 2. The summed E-state index contributed by atoms with van der Waals surface area (Å²) in [5, 5.41) is 12.0. The van der Waals surface area contributed by atoms with Crippen molar-refractivity contribution in [2.45, 2.75) is 31.4 Å². The molecule has 17 heavy (non-hydrogen) atoms. The Labute approximate surface area is 101 Å². The van der Waals surface area contributed by atoms with Crippen LogP contribution in [0.25, 0.3) is 0 Å². The van der Waals surface area contributed by atoms with Gasteiger partial charge in [0.1, 0.15) is 11.9 Å². The van der Waals surface area contributed by atoms with Gasteiger partial charge in [-0.3, -0.25) is 0 Å². The predicted octanol–water partition coefficient (Wildman–Crippen LogP) is 1.51. The summed E-state index contributed by atoms with van der Waals surface area (Å²) in [7, 11) is 1.72. The van der Waals surface area contributed by atoms with Crippen molar-refractivity contribution in [1.29, 1.82) is 5.26 Å². The van der Waals surface area contributed by atoms with E-state index in [0.717, 1.165) is 19.3 Å². The van der Waals surface area contributed by atoms with E-state index in [2.05, 4.69) is 10.3 Å². The van der Waals surface area contributed by atoms with Crippen molar-refractivity contribution in [2.24, 2.45) is 0 Å². The highest BCUT2D eigenvalue weighted by atomic mass is 16.5. The highest BCUT2D eigenvalue weighted by Crippen LogP contribution is 2.26. The van der Waals surface area contributed by atoms with Crippen LogP contribution in [0.1, 0.15) is 24.8 Å². The minimum atomic E-state index is 0.215. The molecule has 0 bridgehead atoms. The molecule has 1 aliphatic rings. The molecule has 2 atom stereocenters. The van der Waals surface area contributed by atoms with E-state index in [1.165, 1.54) is 6.20 Å². The van der Waals surface area contributed by atoms with E-state index in [4.69, 9.17) is 15.7 Å². The molecule has 0 spiro atoms. The first-order valence-corrected chi connectivity index (χ1v) is 5.69. The average molecular weight is 232 g/mol. The van der Waals surface area contributed by atoms with Crippen molar-refractivity contribution < 1.29 is 4.74 Å². The molecule has 0 amide bonds. The van der Waals surface area contributed by atoms with Gasteiger partial charge in [-0.1, -0.05) is 0 Å². The maximum atomic E-state index is 8.73. The van der Waals surface area contributed by atoms with Gasteiger partial charge in [0.05, 0.1) is 23.4 Å². The number of nitrogens with one attached hydrogen (secondary N) is 1. The van der Waals surface area contributed by atoms with Gasteiger partial charge in [-0.25, -0.2) is 4.98 Å². The van der Waals surface area contributed by atoms with E-state index in [1.807, 2.05) is 6.07 Å². The summed E-state index contributed by atoms with van der Waals surface area (Å²) in [6.45, 7) is 0. The van der Waals surface area contributed by atoms with Crippen LogP contribution in [0.15, 0.2) is 12.3 Å². The second kappa shape index (κ2) is 5.02. The second-order valence-electron chi connectivity index (χ2n) is 4.23. The zero-order chi connectivity index (χ0) is 12.3. The number of methoxy groups -OCH3 is 1. The van der Waals surface area contributed by atoms with Gasteiger partial charge in [0, 0.05) is 13.3 Å². The van der Waals surface area contributed by atoms with Gasteiger partial charge >= 0.3 is 0 Å². The molecule has 0 radical (unpaired) electrons. The van der Waals surface area contributed by atoms with Gasteiger partial charge in [0.2, 0.25) is 0 Å². The molecule has 90 valence electrons. The first kappa shape index (κ1) is 11.7. The Balaban J connectivity index is 2.11. The fourth-order valence-electron chi connectivity index (χ4n) is 2.21. The maximum absolute atomic E-state index is 8.73. The molecule has 1 heterocycles. The topological polar surface area (TPSA) is 84.0 Å². The molecule has 0 aromatic carbocycles. The molecule has 1 aromatic heterocycles. The van der Waals surface area contributed by atoms with Crippen LogP contribution in [0.5, 0.6) is 0 Å². The van der Waals surface area contributed by atoms with Gasteiger partial charge in [0.25, 0.3) is 0 Å². The van der Waals surface area contributed by atoms with E-state index in [9.17, 15) is 0 Å². The van der Waals surface area contributed by atoms with Gasteiger partial charge in [-0.15, -0.1) is 0 Å². The summed E-state index contributed by atoms with van der Waals surface area (Å²) in [6.07, 6.45) is 5.00. The zero-order valence-corrected chi connectivity index (χ0v) is 9.81. The van der Waals surface area contributed by atoms with Crippen LogP contribution in [0.2, 0.25) is 0 Å². The number of nitrogen functional groups attached to an aromatic ring is 1. The van der Waals surface area contributed by atoms with Crippen molar-refractivity contribution >= 4 is 11.5 Å². The second-order valence-corrected chi connectivity index (χ2v) is 4.23. The van der Waals surface area contributed by atoms with Crippen LogP contribution >= 0.6 is 0 Å². The van der Waals surface area contributed by atoms with Crippen LogP contribution in [0.3, 0.4) is 0 Å². The molecule has 0 aliphatic heterocycles. The van der Waals surface area contributed by atoms with E-state index >= 15 is 0 Å². The molecule has 0 saturated heterocycles. The number of hydrogen-bond acceptors (Lipinski definition) is 5. The van der Waals surface area contributed by atoms with Crippen LogP contribution < -0.4 is 11.1 Å². The van der Waals surface area contributed by atoms with Crippen LogP contribution in [0, 0.1) is 11.3 Å². The third-order valence-electron chi connectivity index (χ3n) is 3.12. The van der Waals surface area contributed by atoms with Crippen molar-refractivity contribution in [3.05, 3.63) is 17.8 Å². The summed E-state index contributed by atoms with van der Waals surface area (Å²) in [5.74, 6) is 0.637. The Morgan fingerprint density at radius 1 is 1.59 bits per heavy atom. The van der Waals surface area contributed by atoms with Crippen LogP contribution in [0.4, 0.5) is 11.5 Å². The van der Waals surface area contributed by atoms with Crippen molar-refractivity contribution in [2.75, 3.05) is 18.2 Å². The zero-order valence-electron chi connectivity index (χ0n) is 9.81. The Kier molecular flexibility index (Phi) is 3.45. The van der Waals surface area contributed by atoms with Crippen LogP contribution in [-0.4, -0.2) is 24.2 Å². The van der Waals surface area contributed by atoms with Crippen LogP contribution in [-0.2, 0) is 4.74 Å². The third-order valence-corrected chi connectivity index (χ3v) is 3.12. The molecular weight excluding hydrogens is 216 g/mol. The fraction of sp³-hybridized carbons (Fsp3) is 0.500. The highest BCUT2D eigenvalue weighted by molar-refractivity contribution is 5.63. The first-order valence-electron chi connectivity index (χ1n) is 5.69. The van der Waals surface area contributed by atoms with E-state index in [0.29, 0.717) is 17.1 Å². The summed E-state index contributed by atoms with van der Waals surface area (Å²) in [6, 6.07) is 3.90. The number of rotatable bonds is 3. The molecule has 3 N–H and O–H groups in total. The van der Waals surface area contributed by atoms with E-state index < -0.39 is 0 Å². The monoisotopic (exact) mass is 232 g/mol. The smallest absolute Gasteiger partial charge is 0.149 e. The van der Waals surface area contributed by atoms with Gasteiger partial charge < -0.3 is 15.8 Å². The molecule has 5 heteroatoms. The average Bonchev–Trinajstić information content (AvgIpc) is 2.79. The van der Waals surface area contributed by atoms with Gasteiger partial charge in [-0.2, -0.15) is 5.26 Å². The lowest BCUT2D eigenvalue weighted by Gasteiger charge is -2.20. The molecule has 1 fully saturated rings. The minimum Gasteiger partial charge on any atom is -0.396 e. The molecule has 5 nitrogen and oxygen atoms in total. The summed E-state index contributed by atoms with van der Waals surface area (Å²) >= 11 is 0. The number of ether oxygens (including phenoxy) is 1. The standard InChI is InChI=1S/C12H16N4O/c1-17-11-4-2-3-10(11)16-12-9(14)5-8(6-13)7-15-12/h5,7,10-11H,2-4,14H2,1H3,(H,15,16). The quantitative estimate of drug-likeness (QED) is 0.825. The molecular formula is C12H16N4O. The lowest BCUT2D eigenvalue weighted by atomic mass is 10.2. The molecule has 2 unspecified atom stereocenters. The highest BCUT2D eigenvalue weighted by Gasteiger charge is 2.27. The summed E-state index contributed by atoms with van der Waals surface area (Å²) < 4.78 is 5.40. The summed E-state index contributed by atoms with van der Waals surface area (Å²) in [4.78, 5) is 4.17. The van der Waals surface area contributed by atoms with Crippen molar-refractivity contribution in [1.82, 2.24) is 4.98 Å². The van der Waals surface area contributed by atoms with Gasteiger partial charge in [0.15, 0.2) is 0 Å². The normalized spacial score (nSPS) is 23.3. The SMILES string of the molecule is COC1CCCC1Nc1ncc(C#N)cc1N. The maximum Gasteiger partial charge on any atom is 0.149 e.